The molecule has 0 saturated carbocycles. The summed E-state index contributed by atoms with van der Waals surface area (Å²) in [5.41, 5.74) is 0. The fourth-order valence-electron chi connectivity index (χ4n) is 0.124. The summed E-state index contributed by atoms with van der Waals surface area (Å²) in [6.07, 6.45) is 0. The maximum atomic E-state index is 9.88. The van der Waals surface area contributed by atoms with E-state index in [1.807, 2.05) is 0 Å². The summed E-state index contributed by atoms with van der Waals surface area (Å²) in [7, 11) is 0. The summed E-state index contributed by atoms with van der Waals surface area (Å²) in [5.74, 6) is 0. The van der Waals surface area contributed by atoms with E-state index >= 15 is 0 Å². The van der Waals surface area contributed by atoms with Gasteiger partial charge < -0.3 is 5.11 Å². The highest BCUT2D eigenvalue weighted by atomic mass is 127. The van der Waals surface area contributed by atoms with E-state index in [-0.39, 0.29) is 1.37 Å². The molecule has 1 N–H and O–H groups in total. The smallest absolute Gasteiger partial charge is 0.168 e. The highest BCUT2D eigenvalue weighted by molar-refractivity contribution is 14.3. The Labute approximate surface area is 142 Å². The zero-order chi connectivity index (χ0) is 8.58. The van der Waals surface area contributed by atoms with Crippen LogP contribution in [0.4, 0.5) is 0 Å². The summed E-state index contributed by atoms with van der Waals surface area (Å²) >= 11 is 13.3. The lowest BCUT2D eigenvalue weighted by Crippen LogP contribution is -2.40. The van der Waals surface area contributed by atoms with Crippen molar-refractivity contribution in [1.82, 2.24) is 0 Å². The van der Waals surface area contributed by atoms with Gasteiger partial charge in [0.2, 0.25) is 0 Å². The van der Waals surface area contributed by atoms with E-state index < -0.39 is 3.61 Å². The predicted molar refractivity (Wildman–Crippen MR) is 95.6 cm³/mol. The SMILES string of the molecule is OC(I)(C(I)I)C(I)(I)I. The Morgan fingerprint density at radius 3 is 1.30 bits per heavy atom. The van der Waals surface area contributed by atoms with Crippen LogP contribution >= 0.6 is 136 Å². The lowest BCUT2D eigenvalue weighted by molar-refractivity contribution is 0.202. The second kappa shape index (κ2) is 5.43. The molecule has 0 heterocycles. The highest BCUT2D eigenvalue weighted by Crippen LogP contribution is 2.53. The summed E-state index contributed by atoms with van der Waals surface area (Å²) in [6, 6.07) is 0. The van der Waals surface area contributed by atoms with Gasteiger partial charge >= 0.3 is 0 Å². The molecule has 10 heavy (non-hydrogen) atoms. The topological polar surface area (TPSA) is 20.2 Å². The van der Waals surface area contributed by atoms with Gasteiger partial charge in [0.15, 0.2) is 3.04 Å². The molecule has 0 aromatic rings. The van der Waals surface area contributed by atoms with Crippen molar-refractivity contribution in [3.63, 3.8) is 0 Å². The summed E-state index contributed by atoms with van der Waals surface area (Å²) in [5, 5.41) is 9.88. The highest BCUT2D eigenvalue weighted by Gasteiger charge is 2.47. The number of hydrogen-bond donors (Lipinski definition) is 1. The first-order chi connectivity index (χ1) is 4.19. The van der Waals surface area contributed by atoms with Gasteiger partial charge in [0, 0.05) is 0 Å². The Kier molecular flexibility index (Phi) is 7.79. The molecule has 0 fully saturated rings. The van der Waals surface area contributed by atoms with E-state index in [1.165, 1.54) is 0 Å². The molecule has 0 radical (unpaired) electrons. The molecule has 0 spiro atoms. The minimum atomic E-state index is -0.659. The van der Waals surface area contributed by atoms with E-state index in [0.29, 0.717) is 0 Å². The van der Waals surface area contributed by atoms with E-state index in [4.69, 9.17) is 0 Å². The monoisotopic (exact) mass is 815 g/mol. The minimum absolute atomic E-state index is 0.145. The summed E-state index contributed by atoms with van der Waals surface area (Å²) < 4.78 is -0.587. The fraction of sp³-hybridized carbons (Fsp3) is 1.00. The summed E-state index contributed by atoms with van der Waals surface area (Å²) in [6.45, 7) is 0. The van der Waals surface area contributed by atoms with Gasteiger partial charge in [0.25, 0.3) is 0 Å². The van der Waals surface area contributed by atoms with E-state index in [1.54, 1.807) is 0 Å². The van der Waals surface area contributed by atoms with Crippen LogP contribution in [-0.4, -0.2) is 10.1 Å². The van der Waals surface area contributed by atoms with Crippen molar-refractivity contribution in [2.24, 2.45) is 0 Å². The molecule has 0 bridgehead atoms. The Hall–Kier alpha value is 4.34. The molecule has 0 aliphatic heterocycles. The normalized spacial score (nSPS) is 19.2. The molecule has 0 rings (SSSR count). The second-order valence-corrected chi connectivity index (χ2v) is 19.0. The van der Waals surface area contributed by atoms with Gasteiger partial charge in [-0.25, -0.2) is 0 Å². The average Bonchev–Trinajstić information content (AvgIpc) is 1.62. The van der Waals surface area contributed by atoms with Crippen LogP contribution in [0.1, 0.15) is 0 Å². The molecule has 1 unspecified atom stereocenters. The average molecular weight is 815 g/mol. The molecule has 0 aliphatic carbocycles. The standard InChI is InChI=1S/C3H2I6O/c4-1(5)2(6,10)3(7,8)9/h1,10H. The number of alkyl halides is 6. The van der Waals surface area contributed by atoms with Crippen LogP contribution in [0.3, 0.4) is 0 Å². The van der Waals surface area contributed by atoms with Crippen molar-refractivity contribution in [2.45, 2.75) is 4.97 Å². The molecule has 0 aromatic carbocycles. The van der Waals surface area contributed by atoms with Crippen molar-refractivity contribution in [3.8, 4) is 0 Å². The zero-order valence-corrected chi connectivity index (χ0v) is 17.2. The van der Waals surface area contributed by atoms with Crippen molar-refractivity contribution in [3.05, 3.63) is 0 Å². The van der Waals surface area contributed by atoms with Crippen LogP contribution in [0.25, 0.3) is 0 Å². The maximum Gasteiger partial charge on any atom is 0.168 e. The number of halogens is 6. The van der Waals surface area contributed by atoms with Crippen LogP contribution in [0.15, 0.2) is 0 Å². The Morgan fingerprint density at radius 2 is 1.30 bits per heavy atom. The molecule has 62 valence electrons. The van der Waals surface area contributed by atoms with Gasteiger partial charge in [-0.2, -0.15) is 0 Å². The third kappa shape index (κ3) is 4.24. The minimum Gasteiger partial charge on any atom is -0.375 e. The molecule has 0 amide bonds. The molecule has 0 aromatic heterocycles. The third-order valence-corrected chi connectivity index (χ3v) is 11.9. The van der Waals surface area contributed by atoms with Crippen LogP contribution < -0.4 is 0 Å². The number of hydrogen-bond acceptors (Lipinski definition) is 1. The van der Waals surface area contributed by atoms with Crippen LogP contribution in [-0.2, 0) is 0 Å². The van der Waals surface area contributed by atoms with Crippen molar-refractivity contribution >= 4 is 136 Å². The predicted octanol–water partition coefficient (Wildman–Crippen LogP) is 4.26. The molecule has 1 atom stereocenters. The van der Waals surface area contributed by atoms with Crippen molar-refractivity contribution in [1.29, 1.82) is 0 Å². The van der Waals surface area contributed by atoms with Gasteiger partial charge in [-0.1, -0.05) is 113 Å². The van der Waals surface area contributed by atoms with E-state index in [9.17, 15) is 5.11 Å². The van der Waals surface area contributed by atoms with Gasteiger partial charge in [0.1, 0.15) is 1.93 Å². The van der Waals surface area contributed by atoms with Crippen LogP contribution in [0, 0.1) is 0 Å². The fourth-order valence-corrected chi connectivity index (χ4v) is 5.57. The summed E-state index contributed by atoms with van der Waals surface area (Å²) in [4.78, 5) is 0. The molecule has 7 heteroatoms. The Bertz CT molecular complexity index is 115. The van der Waals surface area contributed by atoms with Crippen LogP contribution in [0.5, 0.6) is 0 Å². The zero-order valence-electron chi connectivity index (χ0n) is 4.29. The third-order valence-electron chi connectivity index (χ3n) is 0.687. The number of rotatable bonds is 2. The molecule has 1 nitrogen and oxygen atoms in total. The van der Waals surface area contributed by atoms with Gasteiger partial charge in [-0.15, -0.1) is 0 Å². The lowest BCUT2D eigenvalue weighted by atomic mass is 10.5. The quantitative estimate of drug-likeness (QED) is 0.327. The lowest BCUT2D eigenvalue weighted by Gasteiger charge is -2.31. The van der Waals surface area contributed by atoms with Gasteiger partial charge in [-0.3, -0.25) is 0 Å². The Morgan fingerprint density at radius 1 is 1.00 bits per heavy atom. The first kappa shape index (κ1) is 14.3. The first-order valence-corrected chi connectivity index (χ1v) is 8.76. The Balaban J connectivity index is 4.40. The van der Waals surface area contributed by atoms with E-state index in [2.05, 4.69) is 136 Å². The number of aliphatic hydroxyl groups is 1. The van der Waals surface area contributed by atoms with E-state index in [0.717, 1.165) is 0 Å². The van der Waals surface area contributed by atoms with Crippen molar-refractivity contribution in [2.75, 3.05) is 0 Å². The van der Waals surface area contributed by atoms with Crippen molar-refractivity contribution < 1.29 is 5.11 Å². The molecule has 0 aliphatic rings. The second-order valence-electron chi connectivity index (χ2n) is 1.47. The molecular weight excluding hydrogens is 813 g/mol. The molecular formula is C3H2I6O. The van der Waals surface area contributed by atoms with Gasteiger partial charge in [-0.05, 0) is 22.6 Å². The molecule has 0 saturated heterocycles. The largest absolute Gasteiger partial charge is 0.375 e. The van der Waals surface area contributed by atoms with Crippen LogP contribution in [0.2, 0.25) is 0 Å². The van der Waals surface area contributed by atoms with Gasteiger partial charge in [0.05, 0.1) is 0 Å². The maximum absolute atomic E-state index is 9.88. The first-order valence-electron chi connectivity index (χ1n) is 1.95.